The van der Waals surface area contributed by atoms with Crippen LogP contribution in [0.3, 0.4) is 0 Å². The normalized spacial score (nSPS) is 11.4. The fourth-order valence-corrected chi connectivity index (χ4v) is 4.57. The highest BCUT2D eigenvalue weighted by Crippen LogP contribution is 2.20. The molecule has 0 radical (unpaired) electrons. The summed E-state index contributed by atoms with van der Waals surface area (Å²) in [5, 5.41) is 9.61. The quantitative estimate of drug-likeness (QED) is 0.0291. The molecule has 0 saturated heterocycles. The summed E-state index contributed by atoms with van der Waals surface area (Å²) < 4.78 is 21.7. The van der Waals surface area contributed by atoms with Crippen molar-refractivity contribution in [2.45, 2.75) is 39.5 Å². The minimum atomic E-state index is -0.490. The summed E-state index contributed by atoms with van der Waals surface area (Å²) in [5.74, 6) is 0.0356. The van der Waals surface area contributed by atoms with E-state index in [0.29, 0.717) is 72.3 Å². The van der Waals surface area contributed by atoms with Gasteiger partial charge < -0.3 is 18.9 Å². The van der Waals surface area contributed by atoms with E-state index in [1.54, 1.807) is 72.8 Å². The molecular weight excluding hydrogens is 644 g/mol. The standard InChI is InChI=1S/C39H37ClN2O7/c1-4-35(27-11-21-33(22-12-27)48-38(44)29-9-17-31(40)18-10-29)41-42-36(5-2)28-13-23-34(24-14-28)49-39(45)30-15-19-32(20-16-30)46-25-7-8-26-47-37(43)6-3/h6,9-24H,3-5,7-8,25-26H2,1-2H3/b41-35+,42-36+. The molecule has 4 rings (SSSR count). The largest absolute Gasteiger partial charge is 0.494 e. The Hall–Kier alpha value is -5.54. The van der Waals surface area contributed by atoms with E-state index in [0.717, 1.165) is 28.6 Å². The van der Waals surface area contributed by atoms with Crippen LogP contribution in [-0.4, -0.2) is 42.5 Å². The van der Waals surface area contributed by atoms with Gasteiger partial charge in [-0.1, -0.05) is 32.0 Å². The van der Waals surface area contributed by atoms with Crippen LogP contribution in [0.1, 0.15) is 71.4 Å². The number of rotatable bonds is 16. The number of ether oxygens (including phenoxy) is 4. The first kappa shape index (κ1) is 36.3. The predicted molar refractivity (Wildman–Crippen MR) is 190 cm³/mol. The maximum absolute atomic E-state index is 12.7. The van der Waals surface area contributed by atoms with Crippen molar-refractivity contribution in [3.05, 3.63) is 137 Å². The molecule has 0 bridgehead atoms. The van der Waals surface area contributed by atoms with Crippen LogP contribution >= 0.6 is 11.6 Å². The van der Waals surface area contributed by atoms with Crippen molar-refractivity contribution in [2.24, 2.45) is 10.2 Å². The lowest BCUT2D eigenvalue weighted by atomic mass is 10.1. The molecule has 0 aromatic heterocycles. The maximum atomic E-state index is 12.7. The smallest absolute Gasteiger partial charge is 0.343 e. The molecule has 4 aromatic carbocycles. The Labute approximate surface area is 290 Å². The van der Waals surface area contributed by atoms with E-state index < -0.39 is 17.9 Å². The van der Waals surface area contributed by atoms with Crippen molar-refractivity contribution < 1.29 is 33.3 Å². The van der Waals surface area contributed by atoms with Gasteiger partial charge in [0.2, 0.25) is 0 Å². The molecule has 0 heterocycles. The number of benzene rings is 4. The molecule has 0 aliphatic rings. The van der Waals surface area contributed by atoms with Gasteiger partial charge in [0.1, 0.15) is 17.2 Å². The molecule has 0 atom stereocenters. The lowest BCUT2D eigenvalue weighted by molar-refractivity contribution is -0.137. The van der Waals surface area contributed by atoms with Crippen molar-refractivity contribution in [3.63, 3.8) is 0 Å². The summed E-state index contributed by atoms with van der Waals surface area (Å²) in [7, 11) is 0. The SMILES string of the molecule is C=CC(=O)OCCCCOc1ccc(C(=O)Oc2ccc(/C(CC)=N/N=C(\CC)c3ccc(OC(=O)c4ccc(Cl)cc4)cc3)cc2)cc1. The van der Waals surface area contributed by atoms with Crippen LogP contribution in [0.25, 0.3) is 0 Å². The van der Waals surface area contributed by atoms with Crippen LogP contribution in [-0.2, 0) is 9.53 Å². The topological polar surface area (TPSA) is 113 Å². The second kappa shape index (κ2) is 18.7. The monoisotopic (exact) mass is 680 g/mol. The zero-order valence-electron chi connectivity index (χ0n) is 27.4. The Balaban J connectivity index is 1.30. The van der Waals surface area contributed by atoms with Gasteiger partial charge in [0, 0.05) is 11.1 Å². The average Bonchev–Trinajstić information content (AvgIpc) is 3.13. The van der Waals surface area contributed by atoms with E-state index in [-0.39, 0.29) is 0 Å². The first-order valence-electron chi connectivity index (χ1n) is 15.9. The highest BCUT2D eigenvalue weighted by atomic mass is 35.5. The lowest BCUT2D eigenvalue weighted by Crippen LogP contribution is -2.09. The molecule has 9 nitrogen and oxygen atoms in total. The molecule has 10 heteroatoms. The molecule has 0 unspecified atom stereocenters. The van der Waals surface area contributed by atoms with Gasteiger partial charge in [0.25, 0.3) is 0 Å². The third kappa shape index (κ3) is 11.3. The van der Waals surface area contributed by atoms with Crippen molar-refractivity contribution >= 4 is 40.9 Å². The van der Waals surface area contributed by atoms with E-state index in [1.807, 2.05) is 38.1 Å². The number of carbonyl (C=O) groups is 3. The molecule has 0 saturated carbocycles. The zero-order valence-corrected chi connectivity index (χ0v) is 28.2. The number of nitrogens with zero attached hydrogens (tertiary/aromatic N) is 2. The fraction of sp³-hybridized carbons (Fsp3) is 0.205. The molecule has 4 aromatic rings. The first-order chi connectivity index (χ1) is 23.8. The number of unbranched alkanes of at least 4 members (excludes halogenated alkanes) is 1. The Bertz CT molecular complexity index is 1780. The van der Waals surface area contributed by atoms with Crippen LogP contribution in [0, 0.1) is 0 Å². The van der Waals surface area contributed by atoms with E-state index in [4.69, 9.17) is 30.5 Å². The molecular formula is C39H37ClN2O7. The highest BCUT2D eigenvalue weighted by molar-refractivity contribution is 6.30. The number of hydrogen-bond donors (Lipinski definition) is 0. The molecule has 0 aliphatic carbocycles. The summed E-state index contributed by atoms with van der Waals surface area (Å²) in [6.07, 6.45) is 3.79. The summed E-state index contributed by atoms with van der Waals surface area (Å²) in [6.45, 7) is 8.10. The first-order valence-corrected chi connectivity index (χ1v) is 16.2. The van der Waals surface area contributed by atoms with Gasteiger partial charge in [-0.05, 0) is 134 Å². The van der Waals surface area contributed by atoms with Crippen LogP contribution in [0.15, 0.2) is 120 Å². The van der Waals surface area contributed by atoms with E-state index in [1.165, 1.54) is 0 Å². The van der Waals surface area contributed by atoms with Gasteiger partial charge in [-0.25, -0.2) is 14.4 Å². The number of hydrogen-bond acceptors (Lipinski definition) is 9. The van der Waals surface area contributed by atoms with E-state index >= 15 is 0 Å². The molecule has 0 fully saturated rings. The molecule has 0 amide bonds. The average molecular weight is 681 g/mol. The van der Waals surface area contributed by atoms with E-state index in [2.05, 4.69) is 16.8 Å². The third-order valence-corrected chi connectivity index (χ3v) is 7.40. The molecule has 0 aliphatic heterocycles. The molecule has 49 heavy (non-hydrogen) atoms. The summed E-state index contributed by atoms with van der Waals surface area (Å²) >= 11 is 5.90. The van der Waals surface area contributed by atoms with Gasteiger partial charge in [0.05, 0.1) is 35.8 Å². The summed E-state index contributed by atoms with van der Waals surface area (Å²) in [5.41, 5.74) is 4.05. The third-order valence-electron chi connectivity index (χ3n) is 7.15. The number of halogens is 1. The minimum Gasteiger partial charge on any atom is -0.494 e. The Morgan fingerprint density at radius 2 is 1.02 bits per heavy atom. The van der Waals surface area contributed by atoms with Crippen molar-refractivity contribution in [3.8, 4) is 17.2 Å². The second-order valence-electron chi connectivity index (χ2n) is 10.6. The highest BCUT2D eigenvalue weighted by Gasteiger charge is 2.12. The van der Waals surface area contributed by atoms with Gasteiger partial charge in [-0.3, -0.25) is 0 Å². The van der Waals surface area contributed by atoms with Gasteiger partial charge >= 0.3 is 17.9 Å². The maximum Gasteiger partial charge on any atom is 0.343 e. The predicted octanol–water partition coefficient (Wildman–Crippen LogP) is 8.68. The second-order valence-corrected chi connectivity index (χ2v) is 11.0. The van der Waals surface area contributed by atoms with Crippen molar-refractivity contribution in [1.29, 1.82) is 0 Å². The molecule has 0 N–H and O–H groups in total. The van der Waals surface area contributed by atoms with Crippen LogP contribution in [0.4, 0.5) is 0 Å². The summed E-state index contributed by atoms with van der Waals surface area (Å²) in [4.78, 5) is 36.2. The minimum absolute atomic E-state index is 0.311. The summed E-state index contributed by atoms with van der Waals surface area (Å²) in [6, 6.07) is 27.4. The van der Waals surface area contributed by atoms with Crippen molar-refractivity contribution in [2.75, 3.05) is 13.2 Å². The van der Waals surface area contributed by atoms with Gasteiger partial charge in [-0.2, -0.15) is 10.2 Å². The number of esters is 3. The lowest BCUT2D eigenvalue weighted by Gasteiger charge is -2.09. The van der Waals surface area contributed by atoms with Gasteiger partial charge in [0.15, 0.2) is 0 Å². The van der Waals surface area contributed by atoms with Crippen LogP contribution < -0.4 is 14.2 Å². The Morgan fingerprint density at radius 1 is 0.612 bits per heavy atom. The Kier molecular flexibility index (Phi) is 13.9. The van der Waals surface area contributed by atoms with Crippen LogP contribution in [0.2, 0.25) is 5.02 Å². The molecule has 0 spiro atoms. The Morgan fingerprint density at radius 3 is 1.47 bits per heavy atom. The van der Waals surface area contributed by atoms with Crippen molar-refractivity contribution in [1.82, 2.24) is 0 Å². The van der Waals surface area contributed by atoms with Gasteiger partial charge in [-0.15, -0.1) is 0 Å². The number of carbonyl (C=O) groups excluding carboxylic acids is 3. The molecule has 252 valence electrons. The van der Waals surface area contributed by atoms with Crippen LogP contribution in [0.5, 0.6) is 17.2 Å². The van der Waals surface area contributed by atoms with E-state index in [9.17, 15) is 14.4 Å². The zero-order chi connectivity index (χ0) is 35.0. The fourth-order valence-electron chi connectivity index (χ4n) is 4.45.